The Morgan fingerprint density at radius 1 is 1.06 bits per heavy atom. The zero-order valence-electron chi connectivity index (χ0n) is 20.5. The standard InChI is InChI=1S/C29H27NO5S/c1-17(31)27-12-13-28(36-27)20-4-6-21(7-5-20)29-30-25(18(2)34-29)14-15-33-23-9-10-24-22(16-23)8-11-26(24)35-19(3)32/h4-7,9-10,12-13,16,26H,8,11,14-15H2,1-3H3. The van der Waals surface area contributed by atoms with Crippen LogP contribution in [-0.2, 0) is 22.4 Å². The van der Waals surface area contributed by atoms with Crippen molar-refractivity contribution in [3.8, 4) is 27.6 Å². The molecule has 1 atom stereocenters. The molecule has 0 saturated carbocycles. The van der Waals surface area contributed by atoms with Crippen LogP contribution in [0.3, 0.4) is 0 Å². The first-order chi connectivity index (χ1) is 17.4. The van der Waals surface area contributed by atoms with Crippen LogP contribution in [0.2, 0.25) is 0 Å². The van der Waals surface area contributed by atoms with E-state index in [1.54, 1.807) is 6.92 Å². The van der Waals surface area contributed by atoms with Crippen molar-refractivity contribution >= 4 is 23.1 Å². The van der Waals surface area contributed by atoms with Gasteiger partial charge in [-0.05, 0) is 79.8 Å². The van der Waals surface area contributed by atoms with E-state index in [0.29, 0.717) is 18.9 Å². The summed E-state index contributed by atoms with van der Waals surface area (Å²) >= 11 is 1.50. The molecule has 4 aromatic rings. The van der Waals surface area contributed by atoms with E-state index in [4.69, 9.17) is 18.9 Å². The number of thiophene rings is 1. The number of carbonyl (C=O) groups is 2. The molecule has 1 aliphatic rings. The van der Waals surface area contributed by atoms with Gasteiger partial charge in [0.1, 0.15) is 17.6 Å². The Balaban J connectivity index is 1.20. The van der Waals surface area contributed by atoms with Crippen LogP contribution in [0, 0.1) is 6.92 Å². The monoisotopic (exact) mass is 501 g/mol. The maximum Gasteiger partial charge on any atom is 0.303 e. The van der Waals surface area contributed by atoms with Crippen molar-refractivity contribution in [2.75, 3.05) is 6.61 Å². The molecule has 0 bridgehead atoms. The number of esters is 1. The van der Waals surface area contributed by atoms with Gasteiger partial charge in [0.05, 0.1) is 17.2 Å². The van der Waals surface area contributed by atoms with Gasteiger partial charge in [-0.3, -0.25) is 9.59 Å². The summed E-state index contributed by atoms with van der Waals surface area (Å²) in [6, 6.07) is 17.8. The number of ketones is 1. The normalized spacial score (nSPS) is 14.5. The lowest BCUT2D eigenvalue weighted by atomic mass is 10.1. The van der Waals surface area contributed by atoms with Gasteiger partial charge in [0.2, 0.25) is 5.89 Å². The first-order valence-electron chi connectivity index (χ1n) is 12.0. The van der Waals surface area contributed by atoms with Gasteiger partial charge in [-0.15, -0.1) is 11.3 Å². The minimum atomic E-state index is -0.253. The number of oxazole rings is 1. The Labute approximate surface area is 213 Å². The number of hydrogen-bond acceptors (Lipinski definition) is 7. The first-order valence-corrected chi connectivity index (χ1v) is 12.8. The van der Waals surface area contributed by atoms with E-state index in [1.807, 2.05) is 61.5 Å². The van der Waals surface area contributed by atoms with Crippen LogP contribution < -0.4 is 4.74 Å². The molecular weight excluding hydrogens is 474 g/mol. The van der Waals surface area contributed by atoms with Gasteiger partial charge in [-0.25, -0.2) is 4.98 Å². The topological polar surface area (TPSA) is 78.6 Å². The molecule has 2 aromatic heterocycles. The predicted molar refractivity (Wildman–Crippen MR) is 138 cm³/mol. The van der Waals surface area contributed by atoms with Crippen molar-refractivity contribution in [1.29, 1.82) is 0 Å². The average molecular weight is 502 g/mol. The maximum absolute atomic E-state index is 11.6. The third kappa shape index (κ3) is 5.11. The van der Waals surface area contributed by atoms with Gasteiger partial charge in [0.15, 0.2) is 5.78 Å². The third-order valence-corrected chi connectivity index (χ3v) is 7.55. The number of nitrogens with zero attached hydrogens (tertiary/aromatic N) is 1. The molecule has 0 aliphatic heterocycles. The molecule has 36 heavy (non-hydrogen) atoms. The van der Waals surface area contributed by atoms with E-state index >= 15 is 0 Å². The molecule has 2 aromatic carbocycles. The number of rotatable bonds is 8. The van der Waals surface area contributed by atoms with E-state index in [2.05, 4.69) is 0 Å². The lowest BCUT2D eigenvalue weighted by molar-refractivity contribution is -0.146. The summed E-state index contributed by atoms with van der Waals surface area (Å²) in [5, 5.41) is 0. The third-order valence-electron chi connectivity index (χ3n) is 6.32. The molecule has 6 nitrogen and oxygen atoms in total. The Kier molecular flexibility index (Phi) is 6.74. The van der Waals surface area contributed by atoms with Gasteiger partial charge in [-0.1, -0.05) is 18.2 Å². The van der Waals surface area contributed by atoms with E-state index in [9.17, 15) is 9.59 Å². The van der Waals surface area contributed by atoms with Crippen LogP contribution in [0.1, 0.15) is 58.6 Å². The van der Waals surface area contributed by atoms with Crippen molar-refractivity contribution in [3.05, 3.63) is 82.1 Å². The first kappa shape index (κ1) is 24.0. The number of benzene rings is 2. The van der Waals surface area contributed by atoms with E-state index in [0.717, 1.165) is 56.5 Å². The highest BCUT2D eigenvalue weighted by molar-refractivity contribution is 7.17. The summed E-state index contributed by atoms with van der Waals surface area (Å²) in [5.74, 6) is 1.99. The van der Waals surface area contributed by atoms with Gasteiger partial charge < -0.3 is 13.9 Å². The second-order valence-corrected chi connectivity index (χ2v) is 10.00. The SMILES string of the molecule is CC(=O)OC1CCc2cc(OCCc3nc(-c4ccc(-c5ccc(C(C)=O)s5)cc4)oc3C)ccc21. The Morgan fingerprint density at radius 2 is 1.83 bits per heavy atom. The number of aromatic nitrogens is 1. The summed E-state index contributed by atoms with van der Waals surface area (Å²) in [7, 11) is 0. The highest BCUT2D eigenvalue weighted by atomic mass is 32.1. The minimum Gasteiger partial charge on any atom is -0.493 e. The highest BCUT2D eigenvalue weighted by Crippen LogP contribution is 2.36. The number of Topliss-reactive ketones (excluding diaryl/α,β-unsaturated/α-hetero) is 1. The van der Waals surface area contributed by atoms with Gasteiger partial charge >= 0.3 is 5.97 Å². The molecule has 0 radical (unpaired) electrons. The highest BCUT2D eigenvalue weighted by Gasteiger charge is 2.25. The summed E-state index contributed by atoms with van der Waals surface area (Å²) in [4.78, 5) is 29.4. The van der Waals surface area contributed by atoms with Crippen LogP contribution in [0.4, 0.5) is 0 Å². The fourth-order valence-electron chi connectivity index (χ4n) is 4.48. The van der Waals surface area contributed by atoms with Crippen LogP contribution in [-0.4, -0.2) is 23.3 Å². The molecule has 7 heteroatoms. The number of aryl methyl sites for hydroxylation is 2. The number of ether oxygens (including phenoxy) is 2. The smallest absolute Gasteiger partial charge is 0.303 e. The van der Waals surface area contributed by atoms with Crippen LogP contribution >= 0.6 is 11.3 Å². The summed E-state index contributed by atoms with van der Waals surface area (Å²) in [6.07, 6.45) is 2.16. The summed E-state index contributed by atoms with van der Waals surface area (Å²) < 4.78 is 17.3. The van der Waals surface area contributed by atoms with Gasteiger partial charge in [0.25, 0.3) is 0 Å². The minimum absolute atomic E-state index is 0.0821. The molecule has 0 spiro atoms. The predicted octanol–water partition coefficient (Wildman–Crippen LogP) is 6.75. The van der Waals surface area contributed by atoms with Gasteiger partial charge in [-0.2, -0.15) is 0 Å². The van der Waals surface area contributed by atoms with Crippen LogP contribution in [0.5, 0.6) is 5.75 Å². The molecule has 1 unspecified atom stereocenters. The lowest BCUT2D eigenvalue weighted by Gasteiger charge is -2.12. The largest absolute Gasteiger partial charge is 0.493 e. The molecule has 5 rings (SSSR count). The van der Waals surface area contributed by atoms with Crippen molar-refractivity contribution in [2.24, 2.45) is 0 Å². The quantitative estimate of drug-likeness (QED) is 0.196. The fourth-order valence-corrected chi connectivity index (χ4v) is 5.38. The van der Waals surface area contributed by atoms with Crippen molar-refractivity contribution in [3.63, 3.8) is 0 Å². The molecule has 2 heterocycles. The summed E-state index contributed by atoms with van der Waals surface area (Å²) in [5.41, 5.74) is 5.07. The zero-order chi connectivity index (χ0) is 25.2. The fraction of sp³-hybridized carbons (Fsp3) is 0.276. The van der Waals surface area contributed by atoms with Crippen LogP contribution in [0.15, 0.2) is 59.0 Å². The van der Waals surface area contributed by atoms with Crippen LogP contribution in [0.25, 0.3) is 21.9 Å². The Morgan fingerprint density at radius 3 is 2.56 bits per heavy atom. The number of fused-ring (bicyclic) bond motifs is 1. The lowest BCUT2D eigenvalue weighted by Crippen LogP contribution is -2.05. The molecular formula is C29H27NO5S. The number of carbonyl (C=O) groups excluding carboxylic acids is 2. The second kappa shape index (κ2) is 10.1. The summed E-state index contributed by atoms with van der Waals surface area (Å²) in [6.45, 7) is 5.42. The average Bonchev–Trinajstić information content (AvgIpc) is 3.58. The maximum atomic E-state index is 11.6. The van der Waals surface area contributed by atoms with E-state index in [1.165, 1.54) is 23.8 Å². The molecule has 0 saturated heterocycles. The molecule has 0 fully saturated rings. The molecule has 1 aliphatic carbocycles. The van der Waals surface area contributed by atoms with Crippen molar-refractivity contribution < 1.29 is 23.5 Å². The molecule has 0 amide bonds. The van der Waals surface area contributed by atoms with Crippen molar-refractivity contribution in [2.45, 2.75) is 46.1 Å². The zero-order valence-corrected chi connectivity index (χ0v) is 21.3. The Hall–Kier alpha value is -3.71. The van der Waals surface area contributed by atoms with E-state index < -0.39 is 0 Å². The van der Waals surface area contributed by atoms with Gasteiger partial charge in [0, 0.05) is 23.8 Å². The second-order valence-electron chi connectivity index (χ2n) is 8.92. The molecule has 184 valence electrons. The number of hydrogen-bond donors (Lipinski definition) is 0. The Bertz CT molecular complexity index is 1420. The van der Waals surface area contributed by atoms with E-state index in [-0.39, 0.29) is 17.9 Å². The molecule has 0 N–H and O–H groups in total. The van der Waals surface area contributed by atoms with Crippen molar-refractivity contribution in [1.82, 2.24) is 4.98 Å².